The summed E-state index contributed by atoms with van der Waals surface area (Å²) >= 11 is 4.39. The Labute approximate surface area is 144 Å². The average molecular weight is 400 g/mol. The van der Waals surface area contributed by atoms with Gasteiger partial charge in [-0.2, -0.15) is 5.10 Å². The molecular formula is C14H14BrN3O4S. The highest BCUT2D eigenvalue weighted by molar-refractivity contribution is 9.10. The first kappa shape index (κ1) is 17.2. The third kappa shape index (κ3) is 4.67. The fraction of sp³-hybridized carbons (Fsp3) is 0.214. The zero-order valence-electron chi connectivity index (χ0n) is 12.1. The Balaban J connectivity index is 1.97. The van der Waals surface area contributed by atoms with E-state index in [0.29, 0.717) is 27.5 Å². The molecule has 0 amide bonds. The largest absolute Gasteiger partial charge is 0.504 e. The fourth-order valence-electron chi connectivity index (χ4n) is 1.63. The van der Waals surface area contributed by atoms with Crippen LogP contribution < -0.4 is 5.43 Å². The molecule has 0 bridgehead atoms. The van der Waals surface area contributed by atoms with E-state index in [9.17, 15) is 15.0 Å². The van der Waals surface area contributed by atoms with Crippen molar-refractivity contribution in [3.8, 4) is 11.5 Å². The second kappa shape index (κ2) is 7.93. The van der Waals surface area contributed by atoms with Crippen molar-refractivity contribution in [3.05, 3.63) is 33.2 Å². The third-order valence-corrected chi connectivity index (χ3v) is 4.12. The number of nitrogens with one attached hydrogen (secondary N) is 1. The molecule has 0 spiro atoms. The van der Waals surface area contributed by atoms with Gasteiger partial charge in [-0.15, -0.1) is 11.3 Å². The summed E-state index contributed by atoms with van der Waals surface area (Å²) < 4.78 is 5.24. The van der Waals surface area contributed by atoms with Gasteiger partial charge >= 0.3 is 5.97 Å². The van der Waals surface area contributed by atoms with Gasteiger partial charge in [0.05, 0.1) is 29.4 Å². The van der Waals surface area contributed by atoms with E-state index >= 15 is 0 Å². The average Bonchev–Trinajstić information content (AvgIpc) is 2.95. The van der Waals surface area contributed by atoms with Crippen molar-refractivity contribution in [2.75, 3.05) is 12.0 Å². The van der Waals surface area contributed by atoms with Crippen molar-refractivity contribution in [3.63, 3.8) is 0 Å². The molecule has 0 radical (unpaired) electrons. The lowest BCUT2D eigenvalue weighted by atomic mass is 10.2. The fourth-order valence-corrected chi connectivity index (χ4v) is 2.61. The Morgan fingerprint density at radius 2 is 2.26 bits per heavy atom. The van der Waals surface area contributed by atoms with Crippen LogP contribution in [0.4, 0.5) is 5.13 Å². The van der Waals surface area contributed by atoms with Crippen LogP contribution in [0.2, 0.25) is 0 Å². The molecule has 0 atom stereocenters. The molecule has 0 saturated heterocycles. The predicted octanol–water partition coefficient (Wildman–Crippen LogP) is 2.87. The van der Waals surface area contributed by atoms with Crippen LogP contribution in [-0.2, 0) is 16.0 Å². The zero-order valence-corrected chi connectivity index (χ0v) is 14.5. The summed E-state index contributed by atoms with van der Waals surface area (Å²) in [5.74, 6) is -0.852. The predicted molar refractivity (Wildman–Crippen MR) is 91.1 cm³/mol. The van der Waals surface area contributed by atoms with Crippen molar-refractivity contribution in [2.45, 2.75) is 13.3 Å². The molecule has 1 heterocycles. The number of halogens is 1. The minimum Gasteiger partial charge on any atom is -0.504 e. The van der Waals surface area contributed by atoms with E-state index in [0.717, 1.165) is 0 Å². The molecule has 7 nitrogen and oxygen atoms in total. The van der Waals surface area contributed by atoms with Crippen LogP contribution in [-0.4, -0.2) is 34.0 Å². The van der Waals surface area contributed by atoms with Crippen molar-refractivity contribution in [1.29, 1.82) is 0 Å². The Morgan fingerprint density at radius 3 is 3.00 bits per heavy atom. The molecule has 122 valence electrons. The highest BCUT2D eigenvalue weighted by Gasteiger charge is 2.09. The molecule has 2 rings (SSSR count). The number of hydrogen-bond acceptors (Lipinski definition) is 8. The van der Waals surface area contributed by atoms with E-state index in [1.54, 1.807) is 24.4 Å². The number of esters is 1. The van der Waals surface area contributed by atoms with Gasteiger partial charge in [-0.25, -0.2) is 4.98 Å². The Bertz CT molecular complexity index is 733. The van der Waals surface area contributed by atoms with E-state index in [1.165, 1.54) is 17.6 Å². The number of rotatable bonds is 6. The molecule has 2 aromatic rings. The number of anilines is 1. The monoisotopic (exact) mass is 399 g/mol. The molecule has 0 unspecified atom stereocenters. The number of benzene rings is 1. The summed E-state index contributed by atoms with van der Waals surface area (Å²) in [4.78, 5) is 15.5. The molecule has 0 aliphatic heterocycles. The normalized spacial score (nSPS) is 10.9. The smallest absolute Gasteiger partial charge is 0.311 e. The van der Waals surface area contributed by atoms with Gasteiger partial charge in [0, 0.05) is 10.9 Å². The quantitative estimate of drug-likeness (QED) is 0.298. The van der Waals surface area contributed by atoms with Crippen molar-refractivity contribution >= 4 is 44.6 Å². The zero-order chi connectivity index (χ0) is 16.8. The molecule has 0 fully saturated rings. The van der Waals surface area contributed by atoms with Crippen LogP contribution >= 0.6 is 27.3 Å². The van der Waals surface area contributed by atoms with Gasteiger partial charge < -0.3 is 14.9 Å². The standard InChI is InChI=1S/C14H14BrN3O4S/c1-2-22-11(19)5-9-7-23-14(17-9)18-16-6-8-3-4-10(15)13(21)12(8)20/h3-4,6-7,20-21H,2,5H2,1H3,(H,17,18). The number of thiazole rings is 1. The molecule has 0 aliphatic rings. The first-order valence-corrected chi connectivity index (χ1v) is 8.28. The second-order valence-electron chi connectivity index (χ2n) is 4.33. The van der Waals surface area contributed by atoms with Crippen molar-refractivity contribution in [2.24, 2.45) is 5.10 Å². The SMILES string of the molecule is CCOC(=O)Cc1csc(NN=Cc2ccc(Br)c(O)c2O)n1. The van der Waals surface area contributed by atoms with Crippen LogP contribution in [0.3, 0.4) is 0 Å². The van der Waals surface area contributed by atoms with Crippen LogP contribution in [0.25, 0.3) is 0 Å². The van der Waals surface area contributed by atoms with E-state index in [4.69, 9.17) is 4.74 Å². The van der Waals surface area contributed by atoms with E-state index < -0.39 is 0 Å². The molecule has 0 saturated carbocycles. The summed E-state index contributed by atoms with van der Waals surface area (Å²) in [6.45, 7) is 2.08. The number of hydrazone groups is 1. The summed E-state index contributed by atoms with van der Waals surface area (Å²) in [5, 5.41) is 25.5. The Morgan fingerprint density at radius 1 is 1.48 bits per heavy atom. The van der Waals surface area contributed by atoms with Crippen LogP contribution in [0, 0.1) is 0 Å². The Kier molecular flexibility index (Phi) is 5.94. The summed E-state index contributed by atoms with van der Waals surface area (Å²) in [6.07, 6.45) is 1.46. The lowest BCUT2D eigenvalue weighted by molar-refractivity contribution is -0.142. The lowest BCUT2D eigenvalue weighted by Crippen LogP contribution is -2.07. The highest BCUT2D eigenvalue weighted by atomic mass is 79.9. The van der Waals surface area contributed by atoms with Gasteiger partial charge in [-0.1, -0.05) is 0 Å². The summed E-state index contributed by atoms with van der Waals surface area (Å²) in [5.41, 5.74) is 3.64. The molecule has 1 aromatic heterocycles. The molecule has 1 aromatic carbocycles. The number of hydrogen-bond donors (Lipinski definition) is 3. The number of aromatic nitrogens is 1. The van der Waals surface area contributed by atoms with Gasteiger partial charge in [-0.3, -0.25) is 10.2 Å². The first-order valence-electron chi connectivity index (χ1n) is 6.60. The van der Waals surface area contributed by atoms with E-state index in [1.807, 2.05) is 0 Å². The van der Waals surface area contributed by atoms with Crippen LogP contribution in [0.1, 0.15) is 18.2 Å². The maximum absolute atomic E-state index is 11.4. The minimum absolute atomic E-state index is 0.108. The maximum Gasteiger partial charge on any atom is 0.311 e. The first-order chi connectivity index (χ1) is 11.0. The number of ether oxygens (including phenoxy) is 1. The summed E-state index contributed by atoms with van der Waals surface area (Å²) in [7, 11) is 0. The van der Waals surface area contributed by atoms with Gasteiger partial charge in [0.15, 0.2) is 11.5 Å². The van der Waals surface area contributed by atoms with Gasteiger partial charge in [0.25, 0.3) is 0 Å². The number of carbonyl (C=O) groups excluding carboxylic acids is 1. The van der Waals surface area contributed by atoms with Crippen LogP contribution in [0.15, 0.2) is 27.1 Å². The maximum atomic E-state index is 11.4. The topological polar surface area (TPSA) is 104 Å². The number of phenolic OH excluding ortho intramolecular Hbond substituents is 2. The lowest BCUT2D eigenvalue weighted by Gasteiger charge is -2.03. The third-order valence-electron chi connectivity index (χ3n) is 2.68. The second-order valence-corrected chi connectivity index (χ2v) is 6.04. The number of aromatic hydroxyl groups is 2. The Hall–Kier alpha value is -2.13. The molecular weight excluding hydrogens is 386 g/mol. The van der Waals surface area contributed by atoms with Crippen molar-refractivity contribution in [1.82, 2.24) is 4.98 Å². The molecule has 9 heteroatoms. The van der Waals surface area contributed by atoms with Crippen LogP contribution in [0.5, 0.6) is 11.5 Å². The highest BCUT2D eigenvalue weighted by Crippen LogP contribution is 2.35. The summed E-state index contributed by atoms with van der Waals surface area (Å²) in [6, 6.07) is 3.19. The van der Waals surface area contributed by atoms with Crippen molar-refractivity contribution < 1.29 is 19.7 Å². The van der Waals surface area contributed by atoms with E-state index in [2.05, 4.69) is 31.4 Å². The van der Waals surface area contributed by atoms with Gasteiger partial charge in [0.1, 0.15) is 0 Å². The van der Waals surface area contributed by atoms with E-state index in [-0.39, 0.29) is 23.9 Å². The molecule has 0 aliphatic carbocycles. The number of phenols is 2. The number of nitrogens with zero attached hydrogens (tertiary/aromatic N) is 2. The number of carbonyl (C=O) groups is 1. The van der Waals surface area contributed by atoms with Gasteiger partial charge in [-0.05, 0) is 35.0 Å². The minimum atomic E-state index is -0.330. The van der Waals surface area contributed by atoms with Gasteiger partial charge in [0.2, 0.25) is 5.13 Å². The molecule has 23 heavy (non-hydrogen) atoms. The molecule has 3 N–H and O–H groups in total.